The molecule has 1 aliphatic heterocycles. The maximum absolute atomic E-state index is 11.0. The van der Waals surface area contributed by atoms with Crippen molar-refractivity contribution in [1.82, 2.24) is 4.37 Å². The van der Waals surface area contributed by atoms with E-state index in [1.54, 1.807) is 38.1 Å². The largest absolute Gasteiger partial charge is 0.485 e. The summed E-state index contributed by atoms with van der Waals surface area (Å²) in [6, 6.07) is 9.38. The number of hydrogen-bond donors (Lipinski definition) is 1. The maximum atomic E-state index is 11.0. The minimum absolute atomic E-state index is 0.0259. The first-order valence-corrected chi connectivity index (χ1v) is 9.16. The van der Waals surface area contributed by atoms with E-state index in [4.69, 9.17) is 16.0 Å². The fourth-order valence-electron chi connectivity index (χ4n) is 3.15. The monoisotopic (exact) mass is 397 g/mol. The van der Waals surface area contributed by atoms with Crippen LogP contribution in [0.1, 0.15) is 25.5 Å². The minimum Gasteiger partial charge on any atom is -0.485 e. The van der Waals surface area contributed by atoms with E-state index in [9.17, 15) is 15.2 Å². The van der Waals surface area contributed by atoms with Crippen LogP contribution in [0.3, 0.4) is 0 Å². The third kappa shape index (κ3) is 2.93. The molecular weight excluding hydrogens is 382 g/mol. The number of non-ortho nitro benzene ring substituents is 1. The molecule has 28 heavy (non-hydrogen) atoms. The molecule has 142 valence electrons. The zero-order valence-corrected chi connectivity index (χ0v) is 15.8. The molecule has 1 aliphatic rings. The van der Waals surface area contributed by atoms with E-state index in [0.29, 0.717) is 27.1 Å². The van der Waals surface area contributed by atoms with Crippen LogP contribution in [0.15, 0.2) is 36.4 Å². The lowest BCUT2D eigenvalue weighted by molar-refractivity contribution is -0.384. The van der Waals surface area contributed by atoms with Crippen molar-refractivity contribution in [2.75, 3.05) is 0 Å². The fraction of sp³-hybridized carbons (Fsp3) is 0.263. The summed E-state index contributed by atoms with van der Waals surface area (Å²) in [7, 11) is 0. The molecule has 0 unspecified atom stereocenters. The average molecular weight is 397 g/mol. The second kappa shape index (κ2) is 6.44. The van der Waals surface area contributed by atoms with Gasteiger partial charge < -0.3 is 14.6 Å². The van der Waals surface area contributed by atoms with Crippen LogP contribution in [0.4, 0.5) is 11.4 Å². The van der Waals surface area contributed by atoms with Crippen molar-refractivity contribution in [2.24, 2.45) is 0 Å². The van der Waals surface area contributed by atoms with Crippen LogP contribution in [-0.2, 0) is 0 Å². The van der Waals surface area contributed by atoms with Gasteiger partial charge in [-0.15, -0.1) is 0 Å². The Balaban J connectivity index is 1.78. The molecular formula is C19H15N3O5S. The van der Waals surface area contributed by atoms with E-state index in [1.807, 2.05) is 0 Å². The third-order valence-electron chi connectivity index (χ3n) is 4.67. The zero-order valence-electron chi connectivity index (χ0n) is 14.9. The smallest absolute Gasteiger partial charge is 0.270 e. The second-order valence-electron chi connectivity index (χ2n) is 6.95. The first-order chi connectivity index (χ1) is 13.3. The molecule has 9 heteroatoms. The summed E-state index contributed by atoms with van der Waals surface area (Å²) in [4.78, 5) is 13.9. The lowest BCUT2D eigenvalue weighted by Crippen LogP contribution is -2.50. The molecule has 0 spiro atoms. The van der Waals surface area contributed by atoms with Crippen molar-refractivity contribution in [1.29, 1.82) is 0 Å². The van der Waals surface area contributed by atoms with Gasteiger partial charge in [0, 0.05) is 17.7 Å². The number of hydrogen-bond acceptors (Lipinski definition) is 7. The Kier molecular flexibility index (Phi) is 4.18. The lowest BCUT2D eigenvalue weighted by atomic mass is 9.88. The summed E-state index contributed by atoms with van der Waals surface area (Å²) < 4.78 is 16.8. The van der Waals surface area contributed by atoms with Crippen LogP contribution in [0, 0.1) is 16.7 Å². The van der Waals surface area contributed by atoms with Gasteiger partial charge in [-0.05, 0) is 43.6 Å². The SMILES string of the molecule is [C-]#[N+]c1ccc2c(c1)[C@@H](Oc1nsc3cc([N+](=O)[O-])ccc13)[C@H](O)C(C)(C)O2. The summed E-state index contributed by atoms with van der Waals surface area (Å²) >= 11 is 1.08. The van der Waals surface area contributed by atoms with Crippen molar-refractivity contribution < 1.29 is 19.5 Å². The quantitative estimate of drug-likeness (QED) is 0.399. The van der Waals surface area contributed by atoms with Crippen LogP contribution in [-0.4, -0.2) is 26.1 Å². The van der Waals surface area contributed by atoms with Crippen molar-refractivity contribution in [3.05, 3.63) is 63.5 Å². The maximum Gasteiger partial charge on any atom is 0.270 e. The molecule has 0 radical (unpaired) electrons. The normalized spacial score (nSPS) is 20.1. The zero-order chi connectivity index (χ0) is 20.1. The molecule has 2 heterocycles. The Labute approximate surface area is 164 Å². The minimum atomic E-state index is -1.02. The number of benzene rings is 2. The summed E-state index contributed by atoms with van der Waals surface area (Å²) in [5.74, 6) is 0.804. The van der Waals surface area contributed by atoms with Crippen LogP contribution < -0.4 is 9.47 Å². The van der Waals surface area contributed by atoms with Crippen LogP contribution in [0.5, 0.6) is 11.6 Å². The van der Waals surface area contributed by atoms with Crippen molar-refractivity contribution in [3.63, 3.8) is 0 Å². The molecule has 4 rings (SSSR count). The molecule has 1 aromatic heterocycles. The van der Waals surface area contributed by atoms with E-state index >= 15 is 0 Å². The highest BCUT2D eigenvalue weighted by molar-refractivity contribution is 7.13. The number of nitro groups is 1. The second-order valence-corrected chi connectivity index (χ2v) is 7.75. The molecule has 0 saturated heterocycles. The van der Waals surface area contributed by atoms with Crippen LogP contribution in [0.2, 0.25) is 0 Å². The number of aromatic nitrogens is 1. The number of fused-ring (bicyclic) bond motifs is 2. The van der Waals surface area contributed by atoms with Gasteiger partial charge >= 0.3 is 0 Å². The molecule has 0 bridgehead atoms. The summed E-state index contributed by atoms with van der Waals surface area (Å²) in [5.41, 5.74) is 0.0222. The molecule has 2 atom stereocenters. The molecule has 8 nitrogen and oxygen atoms in total. The van der Waals surface area contributed by atoms with Gasteiger partial charge in [-0.2, -0.15) is 4.37 Å². The number of aliphatic hydroxyl groups is 1. The Bertz CT molecular complexity index is 1130. The summed E-state index contributed by atoms with van der Waals surface area (Å²) in [6.45, 7) is 10.7. The lowest BCUT2D eigenvalue weighted by Gasteiger charge is -2.41. The van der Waals surface area contributed by atoms with Gasteiger partial charge in [0.25, 0.3) is 5.69 Å². The van der Waals surface area contributed by atoms with Gasteiger partial charge in [-0.25, -0.2) is 4.85 Å². The predicted molar refractivity (Wildman–Crippen MR) is 103 cm³/mol. The third-order valence-corrected chi connectivity index (χ3v) is 5.46. The highest BCUT2D eigenvalue weighted by Gasteiger charge is 2.44. The van der Waals surface area contributed by atoms with Gasteiger partial charge in [0.15, 0.2) is 11.8 Å². The van der Waals surface area contributed by atoms with E-state index < -0.39 is 22.7 Å². The number of rotatable bonds is 3. The summed E-state index contributed by atoms with van der Waals surface area (Å²) in [5, 5.41) is 22.4. The Morgan fingerprint density at radius 3 is 2.86 bits per heavy atom. The van der Waals surface area contributed by atoms with Crippen molar-refractivity contribution in [3.8, 4) is 11.6 Å². The molecule has 0 fully saturated rings. The Morgan fingerprint density at radius 2 is 2.14 bits per heavy atom. The van der Waals surface area contributed by atoms with E-state index in [-0.39, 0.29) is 11.6 Å². The van der Waals surface area contributed by atoms with Gasteiger partial charge in [-0.3, -0.25) is 10.1 Å². The molecule has 0 aliphatic carbocycles. The number of nitro benzene ring substituents is 1. The van der Waals surface area contributed by atoms with Gasteiger partial charge in [-0.1, -0.05) is 6.07 Å². The van der Waals surface area contributed by atoms with Gasteiger partial charge in [0.05, 0.1) is 21.6 Å². The van der Waals surface area contributed by atoms with E-state index in [0.717, 1.165) is 11.5 Å². The van der Waals surface area contributed by atoms with Gasteiger partial charge in [0.1, 0.15) is 17.5 Å². The number of nitrogens with zero attached hydrogens (tertiary/aromatic N) is 3. The first kappa shape index (κ1) is 18.2. The topological polar surface area (TPSA) is 99.1 Å². The predicted octanol–water partition coefficient (Wildman–Crippen LogP) is 4.41. The Hall–Kier alpha value is -3.22. The standard InChI is InChI=1S/C19H15N3O5S/c1-19(2)17(23)16(13-8-10(20-3)4-7-14(13)27-19)26-18-12-6-5-11(22(24)25)9-15(12)28-21-18/h4-9,16-17,23H,1-2H3/t16-,17+/m1/s1. The van der Waals surface area contributed by atoms with Crippen molar-refractivity contribution >= 4 is 33.0 Å². The average Bonchev–Trinajstić information content (AvgIpc) is 3.07. The van der Waals surface area contributed by atoms with Crippen molar-refractivity contribution in [2.45, 2.75) is 31.7 Å². The van der Waals surface area contributed by atoms with E-state index in [1.165, 1.54) is 12.1 Å². The van der Waals surface area contributed by atoms with E-state index in [2.05, 4.69) is 9.22 Å². The molecule has 2 aromatic carbocycles. The highest BCUT2D eigenvalue weighted by atomic mass is 32.1. The van der Waals surface area contributed by atoms with Crippen LogP contribution >= 0.6 is 11.5 Å². The molecule has 3 aromatic rings. The molecule has 0 amide bonds. The van der Waals surface area contributed by atoms with Crippen LogP contribution in [0.25, 0.3) is 14.9 Å². The summed E-state index contributed by atoms with van der Waals surface area (Å²) in [6.07, 6.45) is -1.82. The van der Waals surface area contributed by atoms with Gasteiger partial charge in [0.2, 0.25) is 5.88 Å². The molecule has 0 saturated carbocycles. The number of aliphatic hydroxyl groups excluding tert-OH is 1. The first-order valence-electron chi connectivity index (χ1n) is 8.39. The molecule has 1 N–H and O–H groups in total. The fourth-order valence-corrected chi connectivity index (χ4v) is 3.90. The number of ether oxygens (including phenoxy) is 2. The highest BCUT2D eigenvalue weighted by Crippen LogP contribution is 2.44. The Morgan fingerprint density at radius 1 is 1.36 bits per heavy atom.